The van der Waals surface area contributed by atoms with Gasteiger partial charge < -0.3 is 15.2 Å². The molecule has 3 nitrogen and oxygen atoms in total. The number of phenols is 1. The second-order valence-electron chi connectivity index (χ2n) is 4.39. The number of ether oxygens (including phenoxy) is 1. The molecule has 3 heteroatoms. The number of hydrogen-bond acceptors (Lipinski definition) is 3. The molecule has 88 valence electrons. The van der Waals surface area contributed by atoms with Crippen LogP contribution in [0.15, 0.2) is 18.2 Å². The SMILES string of the molecule is COCc1ccc(CC2CCCN2)cc1O. The summed E-state index contributed by atoms with van der Waals surface area (Å²) in [6.07, 6.45) is 3.50. The Kier molecular flexibility index (Phi) is 3.80. The second kappa shape index (κ2) is 5.32. The fourth-order valence-corrected chi connectivity index (χ4v) is 2.23. The van der Waals surface area contributed by atoms with E-state index in [0.717, 1.165) is 18.5 Å². The molecule has 16 heavy (non-hydrogen) atoms. The van der Waals surface area contributed by atoms with Crippen LogP contribution < -0.4 is 5.32 Å². The number of phenolic OH excluding ortho intramolecular Hbond substituents is 1. The van der Waals surface area contributed by atoms with Crippen LogP contribution in [-0.4, -0.2) is 24.8 Å². The van der Waals surface area contributed by atoms with Crippen LogP contribution in [-0.2, 0) is 17.8 Å². The van der Waals surface area contributed by atoms with Crippen LogP contribution in [0.2, 0.25) is 0 Å². The van der Waals surface area contributed by atoms with Crippen LogP contribution >= 0.6 is 0 Å². The van der Waals surface area contributed by atoms with E-state index >= 15 is 0 Å². The maximum atomic E-state index is 9.80. The van der Waals surface area contributed by atoms with Gasteiger partial charge in [-0.05, 0) is 37.4 Å². The van der Waals surface area contributed by atoms with Gasteiger partial charge in [-0.15, -0.1) is 0 Å². The molecule has 0 saturated carbocycles. The van der Waals surface area contributed by atoms with E-state index in [1.54, 1.807) is 7.11 Å². The summed E-state index contributed by atoms with van der Waals surface area (Å²) in [5.41, 5.74) is 2.04. The Balaban J connectivity index is 2.02. The molecule has 1 heterocycles. The molecule has 0 aromatic heterocycles. The lowest BCUT2D eigenvalue weighted by Gasteiger charge is -2.11. The van der Waals surface area contributed by atoms with E-state index in [0.29, 0.717) is 18.4 Å². The van der Waals surface area contributed by atoms with Crippen molar-refractivity contribution >= 4 is 0 Å². The molecule has 1 saturated heterocycles. The summed E-state index contributed by atoms with van der Waals surface area (Å²) in [4.78, 5) is 0. The lowest BCUT2D eigenvalue weighted by atomic mass is 10.0. The first kappa shape index (κ1) is 11.4. The molecule has 1 aliphatic rings. The minimum atomic E-state index is 0.345. The average molecular weight is 221 g/mol. The molecule has 0 bridgehead atoms. The zero-order valence-electron chi connectivity index (χ0n) is 9.70. The van der Waals surface area contributed by atoms with Gasteiger partial charge in [0.2, 0.25) is 0 Å². The maximum Gasteiger partial charge on any atom is 0.121 e. The summed E-state index contributed by atoms with van der Waals surface area (Å²) in [5, 5.41) is 13.3. The monoisotopic (exact) mass is 221 g/mol. The minimum Gasteiger partial charge on any atom is -0.508 e. The molecule has 1 fully saturated rings. The Morgan fingerprint density at radius 1 is 1.50 bits per heavy atom. The molecular weight excluding hydrogens is 202 g/mol. The number of aromatic hydroxyl groups is 1. The zero-order valence-corrected chi connectivity index (χ0v) is 9.70. The van der Waals surface area contributed by atoms with Crippen molar-refractivity contribution < 1.29 is 9.84 Å². The minimum absolute atomic E-state index is 0.345. The molecule has 0 spiro atoms. The third-order valence-electron chi connectivity index (χ3n) is 3.09. The van der Waals surface area contributed by atoms with Gasteiger partial charge in [-0.1, -0.05) is 12.1 Å². The Hall–Kier alpha value is -1.06. The molecule has 2 rings (SSSR count). The summed E-state index contributed by atoms with van der Waals surface area (Å²) < 4.78 is 5.01. The number of rotatable bonds is 4. The summed E-state index contributed by atoms with van der Waals surface area (Å²) >= 11 is 0. The van der Waals surface area contributed by atoms with Crippen LogP contribution in [0.4, 0.5) is 0 Å². The molecule has 0 radical (unpaired) electrons. The lowest BCUT2D eigenvalue weighted by Crippen LogP contribution is -2.23. The van der Waals surface area contributed by atoms with E-state index in [1.165, 1.54) is 18.4 Å². The normalized spacial score (nSPS) is 20.2. The Labute approximate surface area is 96.4 Å². The van der Waals surface area contributed by atoms with E-state index in [1.807, 2.05) is 12.1 Å². The highest BCUT2D eigenvalue weighted by Crippen LogP contribution is 2.21. The number of methoxy groups -OCH3 is 1. The third-order valence-corrected chi connectivity index (χ3v) is 3.09. The van der Waals surface area contributed by atoms with E-state index in [4.69, 9.17) is 4.74 Å². The van der Waals surface area contributed by atoms with Gasteiger partial charge in [0.25, 0.3) is 0 Å². The van der Waals surface area contributed by atoms with Gasteiger partial charge in [-0.2, -0.15) is 0 Å². The molecule has 1 aromatic carbocycles. The van der Waals surface area contributed by atoms with Crippen LogP contribution in [0.25, 0.3) is 0 Å². The van der Waals surface area contributed by atoms with Crippen LogP contribution in [0, 0.1) is 0 Å². The summed E-state index contributed by atoms with van der Waals surface area (Å²) in [6, 6.07) is 6.46. The lowest BCUT2D eigenvalue weighted by molar-refractivity contribution is 0.182. The first-order valence-corrected chi connectivity index (χ1v) is 5.82. The molecule has 0 amide bonds. The van der Waals surface area contributed by atoms with Crippen molar-refractivity contribution in [2.45, 2.75) is 31.9 Å². The fourth-order valence-electron chi connectivity index (χ4n) is 2.23. The standard InChI is InChI=1S/C13H19NO2/c1-16-9-11-5-4-10(8-13(11)15)7-12-3-2-6-14-12/h4-5,8,12,14-15H,2-3,6-7,9H2,1H3. The predicted molar refractivity (Wildman–Crippen MR) is 63.5 cm³/mol. The largest absolute Gasteiger partial charge is 0.508 e. The van der Waals surface area contributed by atoms with Crippen LogP contribution in [0.1, 0.15) is 24.0 Å². The number of nitrogens with one attached hydrogen (secondary N) is 1. The molecule has 1 aromatic rings. The number of benzene rings is 1. The van der Waals surface area contributed by atoms with Crippen molar-refractivity contribution in [1.29, 1.82) is 0 Å². The highest BCUT2D eigenvalue weighted by Gasteiger charge is 2.14. The van der Waals surface area contributed by atoms with Gasteiger partial charge >= 0.3 is 0 Å². The maximum absolute atomic E-state index is 9.80. The van der Waals surface area contributed by atoms with Gasteiger partial charge in [0, 0.05) is 18.7 Å². The van der Waals surface area contributed by atoms with Gasteiger partial charge in [0.1, 0.15) is 5.75 Å². The highest BCUT2D eigenvalue weighted by molar-refractivity contribution is 5.36. The zero-order chi connectivity index (χ0) is 11.4. The highest BCUT2D eigenvalue weighted by atomic mass is 16.5. The fraction of sp³-hybridized carbons (Fsp3) is 0.538. The van der Waals surface area contributed by atoms with Crippen molar-refractivity contribution in [3.05, 3.63) is 29.3 Å². The molecular formula is C13H19NO2. The Morgan fingerprint density at radius 3 is 3.00 bits per heavy atom. The van der Waals surface area contributed by atoms with Gasteiger partial charge in [-0.25, -0.2) is 0 Å². The van der Waals surface area contributed by atoms with Gasteiger partial charge in [0.15, 0.2) is 0 Å². The van der Waals surface area contributed by atoms with Crippen molar-refractivity contribution in [3.8, 4) is 5.75 Å². The summed E-state index contributed by atoms with van der Waals surface area (Å²) in [6.45, 7) is 1.59. The first-order chi connectivity index (χ1) is 7.79. The third kappa shape index (κ3) is 2.74. The summed E-state index contributed by atoms with van der Waals surface area (Å²) in [7, 11) is 1.63. The van der Waals surface area contributed by atoms with Crippen LogP contribution in [0.5, 0.6) is 5.75 Å². The molecule has 1 atom stereocenters. The topological polar surface area (TPSA) is 41.5 Å². The molecule has 2 N–H and O–H groups in total. The Morgan fingerprint density at radius 2 is 2.38 bits per heavy atom. The number of hydrogen-bond donors (Lipinski definition) is 2. The summed E-state index contributed by atoms with van der Waals surface area (Å²) in [5.74, 6) is 0.345. The molecule has 1 aliphatic heterocycles. The van der Waals surface area contributed by atoms with E-state index in [9.17, 15) is 5.11 Å². The van der Waals surface area contributed by atoms with Crippen molar-refractivity contribution in [1.82, 2.24) is 5.32 Å². The van der Waals surface area contributed by atoms with Crippen molar-refractivity contribution in [3.63, 3.8) is 0 Å². The predicted octanol–water partition coefficient (Wildman–Crippen LogP) is 1.83. The van der Waals surface area contributed by atoms with Gasteiger partial charge in [0.05, 0.1) is 6.61 Å². The van der Waals surface area contributed by atoms with Crippen LogP contribution in [0.3, 0.4) is 0 Å². The van der Waals surface area contributed by atoms with Gasteiger partial charge in [-0.3, -0.25) is 0 Å². The van der Waals surface area contributed by atoms with Crippen molar-refractivity contribution in [2.24, 2.45) is 0 Å². The second-order valence-corrected chi connectivity index (χ2v) is 4.39. The average Bonchev–Trinajstić information content (AvgIpc) is 2.75. The first-order valence-electron chi connectivity index (χ1n) is 5.82. The Bertz CT molecular complexity index is 346. The molecule has 0 aliphatic carbocycles. The quantitative estimate of drug-likeness (QED) is 0.815. The smallest absolute Gasteiger partial charge is 0.121 e. The van der Waals surface area contributed by atoms with E-state index < -0.39 is 0 Å². The molecule has 1 unspecified atom stereocenters. The van der Waals surface area contributed by atoms with E-state index in [-0.39, 0.29) is 0 Å². The van der Waals surface area contributed by atoms with Crippen molar-refractivity contribution in [2.75, 3.05) is 13.7 Å². The van der Waals surface area contributed by atoms with E-state index in [2.05, 4.69) is 11.4 Å².